The van der Waals surface area contributed by atoms with E-state index < -0.39 is 29.9 Å². The van der Waals surface area contributed by atoms with Crippen molar-refractivity contribution in [1.82, 2.24) is 31.2 Å². The minimum absolute atomic E-state index is 0.0659. The largest absolute Gasteiger partial charge is 0.493 e. The van der Waals surface area contributed by atoms with Gasteiger partial charge in [-0.3, -0.25) is 24.2 Å². The summed E-state index contributed by atoms with van der Waals surface area (Å²) in [6, 6.07) is 15.8. The van der Waals surface area contributed by atoms with Crippen molar-refractivity contribution in [3.05, 3.63) is 88.7 Å². The molecule has 4 aromatic rings. The highest BCUT2D eigenvalue weighted by molar-refractivity contribution is 7.18. The van der Waals surface area contributed by atoms with Gasteiger partial charge in [0.25, 0.3) is 0 Å². The van der Waals surface area contributed by atoms with E-state index >= 15 is 0 Å². The number of hydrogen-bond acceptors (Lipinski definition) is 9. The molecule has 6 N–H and O–H groups in total. The van der Waals surface area contributed by atoms with Crippen LogP contribution in [0.3, 0.4) is 0 Å². The summed E-state index contributed by atoms with van der Waals surface area (Å²) in [4.78, 5) is 63.7. The molecule has 0 unspecified atom stereocenters. The first kappa shape index (κ1) is 38.4. The maximum Gasteiger partial charge on any atom is 0.243 e. The number of pyridine rings is 1. The summed E-state index contributed by atoms with van der Waals surface area (Å²) in [6.45, 7) is 6.87. The molecule has 1 aliphatic heterocycles. The quantitative estimate of drug-likeness (QED) is 0.100. The first-order chi connectivity index (χ1) is 25.1. The van der Waals surface area contributed by atoms with Gasteiger partial charge in [0.2, 0.25) is 23.6 Å². The number of para-hydroxylation sites is 1. The number of amides is 4. The smallest absolute Gasteiger partial charge is 0.243 e. The Morgan fingerprint density at radius 3 is 2.38 bits per heavy atom. The standard InChI is InChI=1S/C39H49N7O5S/c1-4-35(47)42-32(23-36-43-29-16-15-25(24(2)3)21-34(29)52-36)39(50)46-31(22-26-11-8-10-19-41-26)38(49)45-30(13-7-9-18-40)37(48)44-28-17-20-51-33-14-6-5-12-27(28)33/h5-6,8,10-12,14-16,19,21,24,28,30-32H,4,7,9,13,17-18,20,22-23,40H2,1-3H3,(H,42,47)(H,44,48)(H,45,49)(H,46,50)/t28-,30+,31+,32+/m1/s1. The first-order valence-electron chi connectivity index (χ1n) is 18.1. The number of aromatic nitrogens is 2. The lowest BCUT2D eigenvalue weighted by molar-refractivity contribution is -0.134. The molecular weight excluding hydrogens is 679 g/mol. The van der Waals surface area contributed by atoms with Gasteiger partial charge in [-0.15, -0.1) is 11.3 Å². The maximum atomic E-state index is 14.1. The molecule has 0 bridgehead atoms. The molecule has 1 aliphatic rings. The van der Waals surface area contributed by atoms with E-state index in [1.165, 1.54) is 16.9 Å². The second-order valence-corrected chi connectivity index (χ2v) is 14.5. The minimum Gasteiger partial charge on any atom is -0.493 e. The van der Waals surface area contributed by atoms with Crippen LogP contribution in [0.1, 0.15) is 86.7 Å². The topological polar surface area (TPSA) is 177 Å². The molecular formula is C39H49N7O5S. The summed E-state index contributed by atoms with van der Waals surface area (Å²) in [6.07, 6.45) is 4.23. The van der Waals surface area contributed by atoms with Gasteiger partial charge >= 0.3 is 0 Å². The van der Waals surface area contributed by atoms with Crippen LogP contribution in [0.4, 0.5) is 0 Å². The Balaban J connectivity index is 1.36. The van der Waals surface area contributed by atoms with Gasteiger partial charge in [0.1, 0.15) is 23.9 Å². The number of nitrogens with two attached hydrogens (primary N) is 1. The van der Waals surface area contributed by atoms with Crippen LogP contribution in [0.15, 0.2) is 66.9 Å². The predicted molar refractivity (Wildman–Crippen MR) is 202 cm³/mol. The summed E-state index contributed by atoms with van der Waals surface area (Å²) in [5.74, 6) is -0.648. The van der Waals surface area contributed by atoms with E-state index in [9.17, 15) is 19.2 Å². The number of unbranched alkanes of at least 4 members (excludes halogenated alkanes) is 1. The molecule has 0 spiro atoms. The Morgan fingerprint density at radius 2 is 1.65 bits per heavy atom. The van der Waals surface area contributed by atoms with Gasteiger partial charge in [-0.05, 0) is 67.6 Å². The van der Waals surface area contributed by atoms with Crippen molar-refractivity contribution in [2.75, 3.05) is 13.2 Å². The molecule has 12 nitrogen and oxygen atoms in total. The van der Waals surface area contributed by atoms with Gasteiger partial charge in [0.05, 0.1) is 27.9 Å². The fourth-order valence-electron chi connectivity index (χ4n) is 6.12. The molecule has 3 heterocycles. The van der Waals surface area contributed by atoms with E-state index in [1.807, 2.05) is 36.4 Å². The van der Waals surface area contributed by atoms with E-state index in [0.29, 0.717) is 55.5 Å². The molecule has 0 saturated heterocycles. The Kier molecular flexibility index (Phi) is 13.7. The third kappa shape index (κ3) is 10.3. The van der Waals surface area contributed by atoms with Crippen LogP contribution >= 0.6 is 11.3 Å². The molecule has 52 heavy (non-hydrogen) atoms. The highest BCUT2D eigenvalue weighted by Crippen LogP contribution is 2.32. The van der Waals surface area contributed by atoms with Crippen molar-refractivity contribution in [2.45, 2.75) is 95.8 Å². The van der Waals surface area contributed by atoms with Gasteiger partial charge in [-0.2, -0.15) is 0 Å². The van der Waals surface area contributed by atoms with Gasteiger partial charge in [-0.25, -0.2) is 4.98 Å². The summed E-state index contributed by atoms with van der Waals surface area (Å²) in [5, 5.41) is 12.4. The van der Waals surface area contributed by atoms with Crippen molar-refractivity contribution in [3.8, 4) is 5.75 Å². The molecule has 0 saturated carbocycles. The number of ether oxygens (including phenoxy) is 1. The fraction of sp³-hybridized carbons (Fsp3) is 0.436. The van der Waals surface area contributed by atoms with Gasteiger partial charge in [-0.1, -0.05) is 51.1 Å². The van der Waals surface area contributed by atoms with Crippen molar-refractivity contribution in [3.63, 3.8) is 0 Å². The Bertz CT molecular complexity index is 1830. The lowest BCUT2D eigenvalue weighted by Gasteiger charge is -2.29. The molecule has 5 rings (SSSR count). The maximum absolute atomic E-state index is 14.1. The Hall–Kier alpha value is -4.88. The van der Waals surface area contributed by atoms with Crippen LogP contribution in [0, 0.1) is 0 Å². The number of carbonyl (C=O) groups is 4. The van der Waals surface area contributed by atoms with E-state index in [1.54, 1.807) is 31.3 Å². The molecule has 0 radical (unpaired) electrons. The number of benzene rings is 2. The molecule has 2 aromatic heterocycles. The van der Waals surface area contributed by atoms with Crippen molar-refractivity contribution in [1.29, 1.82) is 0 Å². The monoisotopic (exact) mass is 727 g/mol. The first-order valence-corrected chi connectivity index (χ1v) is 18.9. The third-order valence-electron chi connectivity index (χ3n) is 9.10. The van der Waals surface area contributed by atoms with Gasteiger partial charge in [0.15, 0.2) is 0 Å². The average Bonchev–Trinajstić information content (AvgIpc) is 3.56. The number of hydrogen-bond donors (Lipinski definition) is 5. The minimum atomic E-state index is -1.10. The number of nitrogens with one attached hydrogen (secondary N) is 4. The fourth-order valence-corrected chi connectivity index (χ4v) is 7.18. The number of fused-ring (bicyclic) bond motifs is 2. The SMILES string of the molecule is CCC(=O)N[C@@H](Cc1nc2ccc(C(C)C)cc2s1)C(=O)N[C@@H](Cc1ccccn1)C(=O)N[C@@H](CCCCN)C(=O)N[C@@H]1CCOc2ccccc21. The third-order valence-corrected chi connectivity index (χ3v) is 10.1. The van der Waals surface area contributed by atoms with Crippen LogP contribution in [0.2, 0.25) is 0 Å². The summed E-state index contributed by atoms with van der Waals surface area (Å²) < 4.78 is 6.77. The molecule has 4 atom stereocenters. The zero-order valence-corrected chi connectivity index (χ0v) is 30.8. The lowest BCUT2D eigenvalue weighted by atomic mass is 9.99. The average molecular weight is 728 g/mol. The molecule has 0 aliphatic carbocycles. The zero-order valence-electron chi connectivity index (χ0n) is 30.0. The van der Waals surface area contributed by atoms with Crippen molar-refractivity contribution >= 4 is 45.2 Å². The molecule has 0 fully saturated rings. The summed E-state index contributed by atoms with van der Waals surface area (Å²) in [5.41, 5.74) is 9.22. The van der Waals surface area contributed by atoms with Crippen LogP contribution in [0.5, 0.6) is 5.75 Å². The molecule has 2 aromatic carbocycles. The van der Waals surface area contributed by atoms with Crippen LogP contribution in [-0.2, 0) is 32.0 Å². The summed E-state index contributed by atoms with van der Waals surface area (Å²) >= 11 is 1.48. The highest BCUT2D eigenvalue weighted by atomic mass is 32.1. The predicted octanol–water partition coefficient (Wildman–Crippen LogP) is 4.23. The van der Waals surface area contributed by atoms with Gasteiger partial charge in [0, 0.05) is 43.1 Å². The van der Waals surface area contributed by atoms with Crippen LogP contribution < -0.4 is 31.7 Å². The molecule has 276 valence electrons. The lowest BCUT2D eigenvalue weighted by Crippen LogP contribution is -2.58. The number of thiazole rings is 1. The number of carbonyl (C=O) groups excluding carboxylic acids is 4. The van der Waals surface area contributed by atoms with E-state index in [0.717, 1.165) is 21.5 Å². The van der Waals surface area contributed by atoms with Crippen LogP contribution in [-0.4, -0.2) is 64.9 Å². The Morgan fingerprint density at radius 1 is 0.904 bits per heavy atom. The number of nitrogens with zero attached hydrogens (tertiary/aromatic N) is 2. The second-order valence-electron chi connectivity index (χ2n) is 13.3. The zero-order chi connectivity index (χ0) is 37.0. The number of rotatable bonds is 17. The van der Waals surface area contributed by atoms with E-state index in [4.69, 9.17) is 15.5 Å². The second kappa shape index (κ2) is 18.6. The molecule has 13 heteroatoms. The normalized spacial score (nSPS) is 15.5. The van der Waals surface area contributed by atoms with Crippen molar-refractivity contribution < 1.29 is 23.9 Å². The molecule has 4 amide bonds. The van der Waals surface area contributed by atoms with E-state index in [2.05, 4.69) is 46.2 Å². The van der Waals surface area contributed by atoms with Gasteiger partial charge < -0.3 is 31.7 Å². The summed E-state index contributed by atoms with van der Waals surface area (Å²) in [7, 11) is 0. The highest BCUT2D eigenvalue weighted by Gasteiger charge is 2.32. The van der Waals surface area contributed by atoms with Crippen LogP contribution in [0.25, 0.3) is 10.2 Å². The van der Waals surface area contributed by atoms with E-state index in [-0.39, 0.29) is 37.1 Å². The van der Waals surface area contributed by atoms with Crippen molar-refractivity contribution in [2.24, 2.45) is 5.73 Å². The Labute approximate surface area is 308 Å².